The predicted octanol–water partition coefficient (Wildman–Crippen LogP) is 3.19. The van der Waals surface area contributed by atoms with E-state index in [1.54, 1.807) is 12.3 Å². The number of hydrogen-bond acceptors (Lipinski definition) is 3. The fourth-order valence-corrected chi connectivity index (χ4v) is 2.56. The van der Waals surface area contributed by atoms with Crippen LogP contribution in [0.3, 0.4) is 0 Å². The van der Waals surface area contributed by atoms with Crippen molar-refractivity contribution in [2.75, 3.05) is 5.32 Å². The highest BCUT2D eigenvalue weighted by Crippen LogP contribution is 2.25. The lowest BCUT2D eigenvalue weighted by Gasteiger charge is -2.06. The number of carbonyl (C=O) groups excluding carboxylic acids is 2. The molecule has 0 fully saturated rings. The van der Waals surface area contributed by atoms with Gasteiger partial charge < -0.3 is 16.0 Å². The number of nitrogens with one attached hydrogen (secondary N) is 2. The first-order valence-corrected chi connectivity index (χ1v) is 7.28. The number of rotatable bonds is 3. The number of aromatic nitrogens is 2. The van der Waals surface area contributed by atoms with Gasteiger partial charge in [0.05, 0.1) is 5.56 Å². The maximum atomic E-state index is 14.0. The van der Waals surface area contributed by atoms with E-state index in [0.717, 1.165) is 6.07 Å². The Bertz CT molecular complexity index is 938. The van der Waals surface area contributed by atoms with E-state index in [1.807, 2.05) is 0 Å². The number of pyridine rings is 1. The van der Waals surface area contributed by atoms with E-state index >= 15 is 0 Å². The molecule has 0 spiro atoms. The van der Waals surface area contributed by atoms with Crippen LogP contribution in [-0.2, 0) is 0 Å². The molecule has 1 aromatic carbocycles. The molecular weight excluding hydrogens is 367 g/mol. The minimum atomic E-state index is -0.796. The average Bonchev–Trinajstić information content (AvgIpc) is 2.91. The summed E-state index contributed by atoms with van der Waals surface area (Å²) in [5, 5.41) is 2.88. The predicted molar refractivity (Wildman–Crippen MR) is 86.8 cm³/mol. The van der Waals surface area contributed by atoms with Crippen molar-refractivity contribution in [3.8, 4) is 0 Å². The normalized spacial score (nSPS) is 10.7. The number of urea groups is 1. The molecule has 0 atom stereocenters. The van der Waals surface area contributed by atoms with Crippen molar-refractivity contribution in [3.63, 3.8) is 0 Å². The number of H-pyrrole nitrogens is 1. The zero-order valence-corrected chi connectivity index (χ0v) is 13.1. The summed E-state index contributed by atoms with van der Waals surface area (Å²) in [6.45, 7) is 0. The second kappa shape index (κ2) is 5.81. The molecular formula is C15H10BrFN4O2. The molecule has 0 aliphatic rings. The molecule has 3 rings (SSSR count). The van der Waals surface area contributed by atoms with Crippen LogP contribution in [0.25, 0.3) is 11.0 Å². The Morgan fingerprint density at radius 1 is 1.26 bits per heavy atom. The molecule has 8 heteroatoms. The van der Waals surface area contributed by atoms with Gasteiger partial charge in [0, 0.05) is 33.5 Å². The number of aromatic amines is 1. The van der Waals surface area contributed by atoms with Crippen molar-refractivity contribution in [2.45, 2.75) is 0 Å². The first-order chi connectivity index (χ1) is 11.0. The van der Waals surface area contributed by atoms with Gasteiger partial charge in [0.25, 0.3) is 0 Å². The average molecular weight is 377 g/mol. The van der Waals surface area contributed by atoms with E-state index in [4.69, 9.17) is 5.73 Å². The summed E-state index contributed by atoms with van der Waals surface area (Å²) in [5.74, 6) is -1.22. The van der Waals surface area contributed by atoms with E-state index in [0.29, 0.717) is 15.5 Å². The summed E-state index contributed by atoms with van der Waals surface area (Å²) < 4.78 is 14.7. The number of amides is 2. The first-order valence-electron chi connectivity index (χ1n) is 6.49. The van der Waals surface area contributed by atoms with E-state index in [1.165, 1.54) is 18.3 Å². The van der Waals surface area contributed by atoms with Crippen LogP contribution >= 0.6 is 15.9 Å². The molecule has 2 aromatic heterocycles. The van der Waals surface area contributed by atoms with E-state index < -0.39 is 17.6 Å². The largest absolute Gasteiger partial charge is 0.351 e. The topological polar surface area (TPSA) is 101 Å². The van der Waals surface area contributed by atoms with Crippen molar-refractivity contribution in [1.29, 1.82) is 0 Å². The molecule has 3 aromatic rings. The van der Waals surface area contributed by atoms with Crippen LogP contribution in [0.4, 0.5) is 14.9 Å². The second-order valence-electron chi connectivity index (χ2n) is 4.77. The van der Waals surface area contributed by atoms with Crippen LogP contribution < -0.4 is 11.1 Å². The number of ketones is 1. The van der Waals surface area contributed by atoms with Gasteiger partial charge in [-0.3, -0.25) is 4.79 Å². The van der Waals surface area contributed by atoms with Crippen LogP contribution in [0.15, 0.2) is 41.1 Å². The molecule has 2 heterocycles. The Morgan fingerprint density at radius 3 is 2.78 bits per heavy atom. The molecule has 0 aliphatic carbocycles. The van der Waals surface area contributed by atoms with Crippen molar-refractivity contribution in [1.82, 2.24) is 9.97 Å². The minimum absolute atomic E-state index is 0.169. The monoisotopic (exact) mass is 376 g/mol. The lowest BCUT2D eigenvalue weighted by Crippen LogP contribution is -2.19. The number of carbonyl (C=O) groups is 2. The zero-order valence-electron chi connectivity index (χ0n) is 11.6. The zero-order chi connectivity index (χ0) is 16.6. The third-order valence-electron chi connectivity index (χ3n) is 3.22. The summed E-state index contributed by atoms with van der Waals surface area (Å²) in [4.78, 5) is 30.5. The lowest BCUT2D eigenvalue weighted by molar-refractivity contribution is 0.103. The van der Waals surface area contributed by atoms with Gasteiger partial charge in [0.2, 0.25) is 0 Å². The third-order valence-corrected chi connectivity index (χ3v) is 3.65. The van der Waals surface area contributed by atoms with Gasteiger partial charge in [0.1, 0.15) is 11.5 Å². The number of anilines is 1. The Balaban J connectivity index is 2.08. The van der Waals surface area contributed by atoms with Gasteiger partial charge in [-0.25, -0.2) is 14.2 Å². The highest BCUT2D eigenvalue weighted by Gasteiger charge is 2.19. The molecule has 0 saturated carbocycles. The van der Waals surface area contributed by atoms with Gasteiger partial charge in [-0.2, -0.15) is 0 Å². The number of hydrogen-bond donors (Lipinski definition) is 3. The maximum absolute atomic E-state index is 14.0. The van der Waals surface area contributed by atoms with E-state index in [2.05, 4.69) is 31.2 Å². The molecule has 0 saturated heterocycles. The molecule has 0 bridgehead atoms. The van der Waals surface area contributed by atoms with Crippen LogP contribution in [0.1, 0.15) is 15.9 Å². The summed E-state index contributed by atoms with van der Waals surface area (Å²) >= 11 is 3.29. The number of primary amides is 1. The quantitative estimate of drug-likeness (QED) is 0.611. The van der Waals surface area contributed by atoms with Crippen molar-refractivity contribution >= 4 is 44.5 Å². The van der Waals surface area contributed by atoms with Crippen molar-refractivity contribution < 1.29 is 14.0 Å². The molecule has 4 N–H and O–H groups in total. The van der Waals surface area contributed by atoms with Crippen LogP contribution in [-0.4, -0.2) is 21.8 Å². The Labute approximate surface area is 138 Å². The number of fused-ring (bicyclic) bond motifs is 1. The van der Waals surface area contributed by atoms with Gasteiger partial charge in [-0.05, 0) is 40.2 Å². The minimum Gasteiger partial charge on any atom is -0.351 e. The number of benzene rings is 1. The van der Waals surface area contributed by atoms with Gasteiger partial charge in [-0.15, -0.1) is 0 Å². The number of nitrogens with zero attached hydrogens (tertiary/aromatic N) is 1. The first kappa shape index (κ1) is 15.2. The van der Waals surface area contributed by atoms with Crippen molar-refractivity contribution in [2.24, 2.45) is 5.73 Å². The Hall–Kier alpha value is -2.74. The standard InChI is InChI=1S/C15H10BrFN4O2/c16-7-3-9-11(6-20-14(9)19-5-7)13(22)10-4-8(21-15(18)23)1-2-12(10)17/h1-6H,(H,19,20)(H3,18,21,23). The highest BCUT2D eigenvalue weighted by molar-refractivity contribution is 9.10. The summed E-state index contributed by atoms with van der Waals surface area (Å²) in [6.07, 6.45) is 3.06. The number of halogens is 2. The van der Waals surface area contributed by atoms with Crippen LogP contribution in [0.5, 0.6) is 0 Å². The van der Waals surface area contributed by atoms with Gasteiger partial charge in [-0.1, -0.05) is 0 Å². The van der Waals surface area contributed by atoms with Gasteiger partial charge >= 0.3 is 6.03 Å². The summed E-state index contributed by atoms with van der Waals surface area (Å²) in [5.41, 5.74) is 5.89. The van der Waals surface area contributed by atoms with Crippen LogP contribution in [0.2, 0.25) is 0 Å². The summed E-state index contributed by atoms with van der Waals surface area (Å²) in [7, 11) is 0. The second-order valence-corrected chi connectivity index (χ2v) is 5.68. The summed E-state index contributed by atoms with van der Waals surface area (Å²) in [6, 6.07) is 4.59. The maximum Gasteiger partial charge on any atom is 0.316 e. The fourth-order valence-electron chi connectivity index (χ4n) is 2.23. The molecule has 2 amide bonds. The Morgan fingerprint density at radius 2 is 2.04 bits per heavy atom. The lowest BCUT2D eigenvalue weighted by atomic mass is 10.0. The smallest absolute Gasteiger partial charge is 0.316 e. The highest BCUT2D eigenvalue weighted by atomic mass is 79.9. The molecule has 0 unspecified atom stereocenters. The molecule has 0 aliphatic heterocycles. The molecule has 0 radical (unpaired) electrons. The molecule has 23 heavy (non-hydrogen) atoms. The van der Waals surface area contributed by atoms with E-state index in [9.17, 15) is 14.0 Å². The van der Waals surface area contributed by atoms with Gasteiger partial charge in [0.15, 0.2) is 5.78 Å². The van der Waals surface area contributed by atoms with E-state index in [-0.39, 0.29) is 16.8 Å². The fraction of sp³-hybridized carbons (Fsp3) is 0. The third kappa shape index (κ3) is 2.93. The Kier molecular flexibility index (Phi) is 3.83. The van der Waals surface area contributed by atoms with Crippen LogP contribution in [0, 0.1) is 5.82 Å². The molecule has 116 valence electrons. The SMILES string of the molecule is NC(=O)Nc1ccc(F)c(C(=O)c2c[nH]c3ncc(Br)cc23)c1. The van der Waals surface area contributed by atoms with Crippen molar-refractivity contribution in [3.05, 3.63) is 58.1 Å². The number of nitrogens with two attached hydrogens (primary N) is 1. The molecule has 6 nitrogen and oxygen atoms in total.